The van der Waals surface area contributed by atoms with Gasteiger partial charge in [-0.15, -0.1) is 0 Å². The quantitative estimate of drug-likeness (QED) is 0.564. The summed E-state index contributed by atoms with van der Waals surface area (Å²) < 4.78 is 44.8. The zero-order chi connectivity index (χ0) is 22.5. The standard InChI is InChI=1S/C22H23F3N6O/c1-22(4-5-22)30-21(32)12-3-7-31-17(11-27-18(31)8-12)19-14(24)9-15(25)20(29-19)28-16-10-26-6-2-13(16)23/h3,7-9,11,13,16,26H,2,4-6,10H2,1H3,(H,28,29)(H,30,32)/t13-,16-/m1/s1. The molecular weight excluding hydrogens is 421 g/mol. The second-order valence-electron chi connectivity index (χ2n) is 8.71. The predicted octanol–water partition coefficient (Wildman–Crippen LogP) is 3.07. The van der Waals surface area contributed by atoms with E-state index >= 15 is 0 Å². The average molecular weight is 444 g/mol. The molecule has 1 saturated heterocycles. The first kappa shape index (κ1) is 20.7. The minimum absolute atomic E-state index is 0.122. The molecule has 3 aromatic heterocycles. The molecule has 2 atom stereocenters. The molecule has 5 rings (SSSR count). The van der Waals surface area contributed by atoms with E-state index in [9.17, 15) is 18.0 Å². The SMILES string of the molecule is CC1(NC(=O)c2ccn3c(-c4nc(N[C@@H]5CNCC[C@H]5F)c(F)cc4F)cnc3c2)CC1. The van der Waals surface area contributed by atoms with Gasteiger partial charge in [-0.25, -0.2) is 23.1 Å². The summed E-state index contributed by atoms with van der Waals surface area (Å²) in [6, 6.07) is 3.28. The maximum Gasteiger partial charge on any atom is 0.251 e. The van der Waals surface area contributed by atoms with Crippen LogP contribution in [0.1, 0.15) is 36.5 Å². The number of alkyl halides is 1. The van der Waals surface area contributed by atoms with E-state index in [-0.39, 0.29) is 23.0 Å². The molecule has 1 saturated carbocycles. The molecule has 0 radical (unpaired) electrons. The highest BCUT2D eigenvalue weighted by Crippen LogP contribution is 2.34. The van der Waals surface area contributed by atoms with E-state index in [0.717, 1.165) is 18.9 Å². The van der Waals surface area contributed by atoms with Crippen molar-refractivity contribution in [2.75, 3.05) is 18.4 Å². The van der Waals surface area contributed by atoms with Gasteiger partial charge in [0.25, 0.3) is 5.91 Å². The molecule has 1 aliphatic heterocycles. The monoisotopic (exact) mass is 444 g/mol. The van der Waals surface area contributed by atoms with Crippen LogP contribution in [0, 0.1) is 11.6 Å². The van der Waals surface area contributed by atoms with E-state index in [2.05, 4.69) is 25.9 Å². The summed E-state index contributed by atoms with van der Waals surface area (Å²) in [6.07, 6.45) is 4.04. The van der Waals surface area contributed by atoms with Crippen molar-refractivity contribution in [3.8, 4) is 11.4 Å². The molecule has 32 heavy (non-hydrogen) atoms. The Morgan fingerprint density at radius 2 is 2.09 bits per heavy atom. The Morgan fingerprint density at radius 3 is 2.84 bits per heavy atom. The van der Waals surface area contributed by atoms with Crippen molar-refractivity contribution in [1.29, 1.82) is 0 Å². The van der Waals surface area contributed by atoms with Gasteiger partial charge in [-0.05, 0) is 44.9 Å². The minimum atomic E-state index is -1.16. The number of anilines is 1. The van der Waals surface area contributed by atoms with Crippen LogP contribution >= 0.6 is 0 Å². The highest BCUT2D eigenvalue weighted by atomic mass is 19.1. The normalized spacial score (nSPS) is 22.0. The molecule has 7 nitrogen and oxygen atoms in total. The Morgan fingerprint density at radius 1 is 1.28 bits per heavy atom. The van der Waals surface area contributed by atoms with E-state index in [1.54, 1.807) is 22.7 Å². The fraction of sp³-hybridized carbons (Fsp3) is 0.409. The largest absolute Gasteiger partial charge is 0.361 e. The first-order valence-corrected chi connectivity index (χ1v) is 10.6. The first-order valence-electron chi connectivity index (χ1n) is 10.6. The maximum absolute atomic E-state index is 14.7. The van der Waals surface area contributed by atoms with Gasteiger partial charge in [0.15, 0.2) is 17.5 Å². The molecule has 0 bridgehead atoms. The van der Waals surface area contributed by atoms with Crippen LogP contribution < -0.4 is 16.0 Å². The van der Waals surface area contributed by atoms with Gasteiger partial charge in [-0.1, -0.05) is 0 Å². The number of rotatable bonds is 5. The number of halogens is 3. The third-order valence-corrected chi connectivity index (χ3v) is 6.08. The van der Waals surface area contributed by atoms with Crippen molar-refractivity contribution in [2.24, 2.45) is 0 Å². The number of carbonyl (C=O) groups excluding carboxylic acids is 1. The van der Waals surface area contributed by atoms with Gasteiger partial charge in [0, 0.05) is 29.9 Å². The van der Waals surface area contributed by atoms with Gasteiger partial charge >= 0.3 is 0 Å². The summed E-state index contributed by atoms with van der Waals surface area (Å²) in [4.78, 5) is 20.8. The van der Waals surface area contributed by atoms with Crippen LogP contribution in [0.5, 0.6) is 0 Å². The average Bonchev–Trinajstić information content (AvgIpc) is 3.34. The maximum atomic E-state index is 14.7. The minimum Gasteiger partial charge on any atom is -0.361 e. The van der Waals surface area contributed by atoms with E-state index in [0.29, 0.717) is 36.4 Å². The van der Waals surface area contributed by atoms with Crippen LogP contribution in [0.25, 0.3) is 17.0 Å². The number of nitrogens with zero attached hydrogens (tertiary/aromatic N) is 3. The fourth-order valence-electron chi connectivity index (χ4n) is 3.85. The lowest BCUT2D eigenvalue weighted by Gasteiger charge is -2.28. The lowest BCUT2D eigenvalue weighted by atomic mass is 10.1. The molecule has 4 heterocycles. The fourth-order valence-corrected chi connectivity index (χ4v) is 3.85. The number of piperidine rings is 1. The van der Waals surface area contributed by atoms with Gasteiger partial charge < -0.3 is 16.0 Å². The van der Waals surface area contributed by atoms with E-state index < -0.39 is 23.8 Å². The second-order valence-corrected chi connectivity index (χ2v) is 8.71. The third-order valence-electron chi connectivity index (χ3n) is 6.08. The summed E-state index contributed by atoms with van der Waals surface area (Å²) in [5.74, 6) is -2.18. The number of hydrogen-bond acceptors (Lipinski definition) is 5. The molecule has 0 spiro atoms. The number of aromatic nitrogens is 3. The number of fused-ring (bicyclic) bond motifs is 1. The molecule has 1 amide bonds. The van der Waals surface area contributed by atoms with E-state index in [4.69, 9.17) is 0 Å². The van der Waals surface area contributed by atoms with Crippen molar-refractivity contribution in [2.45, 2.75) is 43.9 Å². The Hall–Kier alpha value is -3.14. The van der Waals surface area contributed by atoms with Gasteiger partial charge in [-0.2, -0.15) is 0 Å². The summed E-state index contributed by atoms with van der Waals surface area (Å²) in [5, 5.41) is 8.78. The van der Waals surface area contributed by atoms with Crippen molar-refractivity contribution < 1.29 is 18.0 Å². The second kappa shape index (κ2) is 7.77. The van der Waals surface area contributed by atoms with Crippen molar-refractivity contribution in [1.82, 2.24) is 25.0 Å². The van der Waals surface area contributed by atoms with Crippen LogP contribution in [0.4, 0.5) is 19.0 Å². The zero-order valence-corrected chi connectivity index (χ0v) is 17.5. The zero-order valence-electron chi connectivity index (χ0n) is 17.5. The van der Waals surface area contributed by atoms with E-state index in [1.165, 1.54) is 6.20 Å². The number of amides is 1. The van der Waals surface area contributed by atoms with Gasteiger partial charge in [0.1, 0.15) is 17.5 Å². The summed E-state index contributed by atoms with van der Waals surface area (Å²) in [6.45, 7) is 2.85. The van der Waals surface area contributed by atoms with Crippen LogP contribution in [-0.4, -0.2) is 51.1 Å². The number of hydrogen-bond donors (Lipinski definition) is 3. The molecule has 2 fully saturated rings. The van der Waals surface area contributed by atoms with Crippen LogP contribution in [0.2, 0.25) is 0 Å². The molecule has 168 valence electrons. The van der Waals surface area contributed by atoms with Crippen LogP contribution in [0.3, 0.4) is 0 Å². The topological polar surface area (TPSA) is 83.4 Å². The number of pyridine rings is 2. The first-order chi connectivity index (χ1) is 15.3. The molecule has 10 heteroatoms. The third kappa shape index (κ3) is 3.90. The molecule has 2 aliphatic rings. The summed E-state index contributed by atoms with van der Waals surface area (Å²) in [5.41, 5.74) is 0.884. The Labute approximate surface area is 182 Å². The highest BCUT2D eigenvalue weighted by Gasteiger charge is 2.38. The lowest BCUT2D eigenvalue weighted by molar-refractivity contribution is 0.0935. The molecule has 3 aromatic rings. The number of imidazole rings is 1. The van der Waals surface area contributed by atoms with Gasteiger partial charge in [0.2, 0.25) is 0 Å². The molecule has 1 aliphatic carbocycles. The van der Waals surface area contributed by atoms with Gasteiger partial charge in [0.05, 0.1) is 17.9 Å². The Bertz CT molecular complexity index is 1190. The molecule has 0 unspecified atom stereocenters. The number of nitrogens with one attached hydrogen (secondary N) is 3. The van der Waals surface area contributed by atoms with Crippen molar-refractivity contribution in [3.63, 3.8) is 0 Å². The van der Waals surface area contributed by atoms with E-state index in [1.807, 2.05) is 6.92 Å². The van der Waals surface area contributed by atoms with Crippen LogP contribution in [0.15, 0.2) is 30.6 Å². The summed E-state index contributed by atoms with van der Waals surface area (Å²) in [7, 11) is 0. The highest BCUT2D eigenvalue weighted by molar-refractivity contribution is 5.95. The Balaban J connectivity index is 1.46. The Kier molecular flexibility index (Phi) is 5.04. The summed E-state index contributed by atoms with van der Waals surface area (Å²) >= 11 is 0. The van der Waals surface area contributed by atoms with Crippen molar-refractivity contribution >= 4 is 17.4 Å². The molecule has 3 N–H and O–H groups in total. The van der Waals surface area contributed by atoms with Crippen LogP contribution in [-0.2, 0) is 0 Å². The van der Waals surface area contributed by atoms with Gasteiger partial charge in [-0.3, -0.25) is 9.20 Å². The molecule has 0 aromatic carbocycles. The lowest BCUT2D eigenvalue weighted by Crippen LogP contribution is -2.46. The predicted molar refractivity (Wildman–Crippen MR) is 113 cm³/mol. The number of carbonyl (C=O) groups is 1. The van der Waals surface area contributed by atoms with Crippen molar-refractivity contribution in [3.05, 3.63) is 47.8 Å². The molecular formula is C22H23F3N6O. The smallest absolute Gasteiger partial charge is 0.251 e.